The molecule has 2 N–H and O–H groups in total. The van der Waals surface area contributed by atoms with E-state index in [2.05, 4.69) is 117 Å². The van der Waals surface area contributed by atoms with E-state index < -0.39 is 0 Å². The molecule has 0 saturated carbocycles. The normalized spacial score (nSPS) is 13.2. The number of hydrogen-bond donors (Lipinski definition) is 2. The molecule has 2 nitrogen and oxygen atoms in total. The van der Waals surface area contributed by atoms with Gasteiger partial charge in [0.15, 0.2) is 0 Å². The fourth-order valence-electron chi connectivity index (χ4n) is 8.04. The molecule has 0 heterocycles. The standard InChI is InChI=1S/C45H32O2/c1-45(2)40-18-10-9-12-32(40)33-20-19-27(26-41(33)45)28-23-29(25-30(46)24-28)43-35-14-5-7-16-37(35)44(38-17-8-6-15-36(38)43)39-21-22-42(47)34-13-4-3-11-31(34)39/h3-26,46-47H,1-2H3. The fraction of sp³-hybridized carbons (Fsp3) is 0.0667. The van der Waals surface area contributed by atoms with Crippen LogP contribution in [0.3, 0.4) is 0 Å². The number of aromatic hydroxyl groups is 2. The van der Waals surface area contributed by atoms with E-state index in [0.717, 1.165) is 65.7 Å². The Hall–Kier alpha value is -5.86. The Bertz CT molecular complexity index is 2520. The Morgan fingerprint density at radius 1 is 0.383 bits per heavy atom. The van der Waals surface area contributed by atoms with E-state index in [0.29, 0.717) is 0 Å². The molecule has 0 spiro atoms. The minimum absolute atomic E-state index is 0.109. The molecule has 0 radical (unpaired) electrons. The van der Waals surface area contributed by atoms with E-state index in [4.69, 9.17) is 0 Å². The fourth-order valence-corrected chi connectivity index (χ4v) is 8.04. The SMILES string of the molecule is CC1(C)c2ccccc2-c2ccc(-c3cc(O)cc(-c4c5ccccc5c(-c5ccc(O)c6ccccc56)c5ccccc45)c3)cc21. The Labute approximate surface area is 273 Å². The van der Waals surface area contributed by atoms with E-state index in [1.165, 1.54) is 22.3 Å². The molecule has 8 aromatic rings. The van der Waals surface area contributed by atoms with Gasteiger partial charge in [0.2, 0.25) is 0 Å². The molecule has 0 aromatic heterocycles. The van der Waals surface area contributed by atoms with Crippen LogP contribution in [0.25, 0.3) is 76.8 Å². The summed E-state index contributed by atoms with van der Waals surface area (Å²) >= 11 is 0. The van der Waals surface area contributed by atoms with E-state index in [1.54, 1.807) is 6.07 Å². The number of phenols is 2. The maximum Gasteiger partial charge on any atom is 0.123 e. The van der Waals surface area contributed by atoms with Crippen molar-refractivity contribution in [2.45, 2.75) is 19.3 Å². The summed E-state index contributed by atoms with van der Waals surface area (Å²) in [5.41, 5.74) is 11.5. The van der Waals surface area contributed by atoms with Crippen LogP contribution in [0.15, 0.2) is 146 Å². The van der Waals surface area contributed by atoms with Crippen LogP contribution < -0.4 is 0 Å². The number of rotatable bonds is 3. The van der Waals surface area contributed by atoms with Gasteiger partial charge in [0.05, 0.1) is 0 Å². The molecule has 0 amide bonds. The van der Waals surface area contributed by atoms with Crippen molar-refractivity contribution in [2.24, 2.45) is 0 Å². The Kier molecular flexibility index (Phi) is 5.88. The van der Waals surface area contributed by atoms with Gasteiger partial charge in [0, 0.05) is 10.8 Å². The van der Waals surface area contributed by atoms with Gasteiger partial charge in [-0.3, -0.25) is 0 Å². The summed E-state index contributed by atoms with van der Waals surface area (Å²) in [4.78, 5) is 0. The maximum absolute atomic E-state index is 11.3. The molecule has 0 aliphatic heterocycles. The van der Waals surface area contributed by atoms with Crippen LogP contribution in [-0.2, 0) is 5.41 Å². The van der Waals surface area contributed by atoms with Gasteiger partial charge in [-0.25, -0.2) is 0 Å². The van der Waals surface area contributed by atoms with Crippen LogP contribution in [0.1, 0.15) is 25.0 Å². The average Bonchev–Trinajstić information content (AvgIpc) is 3.33. The predicted octanol–water partition coefficient (Wildman–Crippen LogP) is 11.9. The molecule has 8 aromatic carbocycles. The molecule has 0 atom stereocenters. The molecule has 47 heavy (non-hydrogen) atoms. The first kappa shape index (κ1) is 27.5. The summed E-state index contributed by atoms with van der Waals surface area (Å²) in [7, 11) is 0. The van der Waals surface area contributed by atoms with E-state index >= 15 is 0 Å². The molecular formula is C45H32O2. The van der Waals surface area contributed by atoms with Gasteiger partial charge in [-0.2, -0.15) is 0 Å². The van der Waals surface area contributed by atoms with Gasteiger partial charge in [0.1, 0.15) is 11.5 Å². The van der Waals surface area contributed by atoms with Crippen molar-refractivity contribution < 1.29 is 10.2 Å². The predicted molar refractivity (Wildman–Crippen MR) is 196 cm³/mol. The number of benzene rings is 8. The van der Waals surface area contributed by atoms with Gasteiger partial charge in [-0.1, -0.05) is 129 Å². The second-order valence-corrected chi connectivity index (χ2v) is 13.2. The molecule has 9 rings (SSSR count). The van der Waals surface area contributed by atoms with Crippen LogP contribution in [0.5, 0.6) is 11.5 Å². The van der Waals surface area contributed by atoms with Gasteiger partial charge < -0.3 is 10.2 Å². The molecule has 224 valence electrons. The molecule has 0 saturated heterocycles. The highest BCUT2D eigenvalue weighted by molar-refractivity contribution is 6.23. The van der Waals surface area contributed by atoms with Crippen LogP contribution in [-0.4, -0.2) is 10.2 Å². The summed E-state index contributed by atoms with van der Waals surface area (Å²) in [5, 5.41) is 28.3. The quantitative estimate of drug-likeness (QED) is 0.197. The highest BCUT2D eigenvalue weighted by Crippen LogP contribution is 2.51. The van der Waals surface area contributed by atoms with Crippen molar-refractivity contribution in [1.29, 1.82) is 0 Å². The topological polar surface area (TPSA) is 40.5 Å². The third kappa shape index (κ3) is 4.05. The van der Waals surface area contributed by atoms with Gasteiger partial charge >= 0.3 is 0 Å². The van der Waals surface area contributed by atoms with Crippen LogP contribution in [0.2, 0.25) is 0 Å². The maximum atomic E-state index is 11.3. The van der Waals surface area contributed by atoms with Crippen molar-refractivity contribution in [1.82, 2.24) is 0 Å². The first-order valence-corrected chi connectivity index (χ1v) is 16.1. The third-order valence-electron chi connectivity index (χ3n) is 10.2. The van der Waals surface area contributed by atoms with Gasteiger partial charge in [-0.05, 0) is 113 Å². The first-order valence-electron chi connectivity index (χ1n) is 16.1. The van der Waals surface area contributed by atoms with Gasteiger partial charge in [0.25, 0.3) is 0 Å². The molecular weight excluding hydrogens is 572 g/mol. The smallest absolute Gasteiger partial charge is 0.123 e. The molecule has 1 aliphatic carbocycles. The number of hydrogen-bond acceptors (Lipinski definition) is 2. The zero-order valence-corrected chi connectivity index (χ0v) is 26.3. The lowest BCUT2D eigenvalue weighted by Crippen LogP contribution is -2.14. The second kappa shape index (κ2) is 10.1. The zero-order valence-electron chi connectivity index (χ0n) is 26.3. The Morgan fingerprint density at radius 2 is 0.915 bits per heavy atom. The van der Waals surface area contributed by atoms with E-state index in [1.807, 2.05) is 36.4 Å². The number of fused-ring (bicyclic) bond motifs is 6. The molecule has 2 heteroatoms. The lowest BCUT2D eigenvalue weighted by atomic mass is 9.81. The molecule has 0 fully saturated rings. The van der Waals surface area contributed by atoms with Crippen LogP contribution in [0, 0.1) is 0 Å². The summed E-state index contributed by atoms with van der Waals surface area (Å²) in [6, 6.07) is 50.4. The van der Waals surface area contributed by atoms with E-state index in [9.17, 15) is 10.2 Å². The minimum Gasteiger partial charge on any atom is -0.508 e. The highest BCUT2D eigenvalue weighted by atomic mass is 16.3. The van der Waals surface area contributed by atoms with Crippen molar-refractivity contribution in [3.8, 4) is 56.0 Å². The van der Waals surface area contributed by atoms with Gasteiger partial charge in [-0.15, -0.1) is 0 Å². The summed E-state index contributed by atoms with van der Waals surface area (Å²) in [5.74, 6) is 0.517. The highest BCUT2D eigenvalue weighted by Gasteiger charge is 2.35. The van der Waals surface area contributed by atoms with Crippen LogP contribution >= 0.6 is 0 Å². The zero-order chi connectivity index (χ0) is 31.9. The van der Waals surface area contributed by atoms with Crippen molar-refractivity contribution in [3.63, 3.8) is 0 Å². The lowest BCUT2D eigenvalue weighted by molar-refractivity contribution is 0.476. The lowest BCUT2D eigenvalue weighted by Gasteiger charge is -2.22. The molecule has 1 aliphatic rings. The summed E-state index contributed by atoms with van der Waals surface area (Å²) < 4.78 is 0. The monoisotopic (exact) mass is 604 g/mol. The van der Waals surface area contributed by atoms with Crippen molar-refractivity contribution in [2.75, 3.05) is 0 Å². The Morgan fingerprint density at radius 3 is 1.62 bits per heavy atom. The Balaban J connectivity index is 1.29. The van der Waals surface area contributed by atoms with E-state index in [-0.39, 0.29) is 16.9 Å². The molecule has 0 unspecified atom stereocenters. The summed E-state index contributed by atoms with van der Waals surface area (Å²) in [6.45, 7) is 4.60. The first-order chi connectivity index (χ1) is 22.9. The average molecular weight is 605 g/mol. The second-order valence-electron chi connectivity index (χ2n) is 13.2. The largest absolute Gasteiger partial charge is 0.508 e. The minimum atomic E-state index is -0.109. The number of phenolic OH excluding ortho intramolecular Hbond substituents is 2. The third-order valence-corrected chi connectivity index (χ3v) is 10.2. The molecule has 0 bridgehead atoms. The van der Waals surface area contributed by atoms with Crippen molar-refractivity contribution in [3.05, 3.63) is 157 Å². The summed E-state index contributed by atoms with van der Waals surface area (Å²) in [6.07, 6.45) is 0. The van der Waals surface area contributed by atoms with Crippen molar-refractivity contribution >= 4 is 32.3 Å². The van der Waals surface area contributed by atoms with Crippen LogP contribution in [0.4, 0.5) is 0 Å².